The molecule has 0 aliphatic carbocycles. The number of ether oxygens (including phenoxy) is 1. The second-order valence-electron chi connectivity index (χ2n) is 6.84. The largest absolute Gasteiger partial charge is 0.497 e. The highest BCUT2D eigenvalue weighted by Crippen LogP contribution is 2.42. The molecule has 1 aromatic heterocycles. The average Bonchev–Trinajstić information content (AvgIpc) is 3.06. The van der Waals surface area contributed by atoms with Crippen molar-refractivity contribution in [2.45, 2.75) is 47.0 Å². The molecule has 0 bridgehead atoms. The van der Waals surface area contributed by atoms with E-state index in [0.29, 0.717) is 5.92 Å². The molecule has 1 heterocycles. The monoisotopic (exact) mass is 337 g/mol. The quantitative estimate of drug-likeness (QED) is 0.579. The van der Waals surface area contributed by atoms with E-state index in [1.807, 2.05) is 19.9 Å². The Bertz CT molecular complexity index is 814. The fourth-order valence-electron chi connectivity index (χ4n) is 3.36. The summed E-state index contributed by atoms with van der Waals surface area (Å²) in [5.41, 5.74) is 5.08. The van der Waals surface area contributed by atoms with Gasteiger partial charge in [0, 0.05) is 28.6 Å². The molecule has 2 heteroatoms. The summed E-state index contributed by atoms with van der Waals surface area (Å²) in [6, 6.07) is 15.2. The number of benzene rings is 2. The minimum absolute atomic E-state index is 0.0411. The van der Waals surface area contributed by atoms with Crippen LogP contribution in [0.5, 0.6) is 5.75 Å². The first-order chi connectivity index (χ1) is 12.0. The van der Waals surface area contributed by atoms with Crippen LogP contribution < -0.4 is 4.74 Å². The molecule has 0 radical (unpaired) electrons. The zero-order valence-corrected chi connectivity index (χ0v) is 16.6. The van der Waals surface area contributed by atoms with Gasteiger partial charge in [-0.05, 0) is 36.1 Å². The molecule has 1 unspecified atom stereocenters. The first-order valence-electron chi connectivity index (χ1n) is 9.19. The second-order valence-corrected chi connectivity index (χ2v) is 6.84. The molecule has 25 heavy (non-hydrogen) atoms. The summed E-state index contributed by atoms with van der Waals surface area (Å²) in [5.74, 6) is 1.36. The third-order valence-corrected chi connectivity index (χ3v) is 5.25. The molecule has 2 nitrogen and oxygen atoms in total. The molecule has 0 aliphatic heterocycles. The Balaban J connectivity index is 0.00000109. The Labute approximate surface area is 152 Å². The summed E-state index contributed by atoms with van der Waals surface area (Å²) in [6.45, 7) is 13.1. The Hall–Kier alpha value is -2.22. The summed E-state index contributed by atoms with van der Waals surface area (Å²) in [7, 11) is 1.70. The molecule has 3 aromatic rings. The fraction of sp³-hybridized carbons (Fsp3) is 0.391. The molecule has 0 aliphatic rings. The lowest BCUT2D eigenvalue weighted by Crippen LogP contribution is -2.29. The molecule has 3 rings (SSSR count). The van der Waals surface area contributed by atoms with Gasteiger partial charge in [0.2, 0.25) is 0 Å². The zero-order chi connectivity index (χ0) is 18.6. The highest BCUT2D eigenvalue weighted by molar-refractivity contribution is 5.86. The van der Waals surface area contributed by atoms with Gasteiger partial charge in [0.25, 0.3) is 0 Å². The summed E-state index contributed by atoms with van der Waals surface area (Å²) in [6.07, 6.45) is 2.16. The number of hydrogen-bond acceptors (Lipinski definition) is 1. The molecular formula is C23H31NO. The third kappa shape index (κ3) is 3.44. The van der Waals surface area contributed by atoms with Gasteiger partial charge in [-0.25, -0.2) is 0 Å². The minimum Gasteiger partial charge on any atom is -0.497 e. The smallest absolute Gasteiger partial charge is 0.120 e. The molecule has 0 saturated carbocycles. The Morgan fingerprint density at radius 1 is 1.00 bits per heavy atom. The van der Waals surface area contributed by atoms with Gasteiger partial charge < -0.3 is 9.72 Å². The number of nitrogens with one attached hydrogen (secondary N) is 1. The first kappa shape index (κ1) is 19.1. The lowest BCUT2D eigenvalue weighted by molar-refractivity contribution is 0.408. The van der Waals surface area contributed by atoms with Crippen molar-refractivity contribution in [1.82, 2.24) is 4.98 Å². The molecule has 1 N–H and O–H groups in total. The lowest BCUT2D eigenvalue weighted by Gasteiger charge is -2.35. The van der Waals surface area contributed by atoms with E-state index in [0.717, 1.165) is 11.3 Å². The Morgan fingerprint density at radius 2 is 1.64 bits per heavy atom. The average molecular weight is 338 g/mol. The molecular weight excluding hydrogens is 306 g/mol. The van der Waals surface area contributed by atoms with Gasteiger partial charge in [0.05, 0.1) is 7.11 Å². The highest BCUT2D eigenvalue weighted by atomic mass is 16.5. The van der Waals surface area contributed by atoms with Crippen LogP contribution in [0.2, 0.25) is 0 Å². The molecule has 1 atom stereocenters. The summed E-state index contributed by atoms with van der Waals surface area (Å²) in [5, 5.41) is 1.27. The van der Waals surface area contributed by atoms with Gasteiger partial charge in [-0.2, -0.15) is 0 Å². The van der Waals surface area contributed by atoms with E-state index >= 15 is 0 Å². The van der Waals surface area contributed by atoms with E-state index in [4.69, 9.17) is 4.74 Å². The van der Waals surface area contributed by atoms with E-state index < -0.39 is 0 Å². The number of aromatic nitrogens is 1. The van der Waals surface area contributed by atoms with Crippen molar-refractivity contribution in [3.05, 3.63) is 65.4 Å². The summed E-state index contributed by atoms with van der Waals surface area (Å²) >= 11 is 0. The lowest BCUT2D eigenvalue weighted by atomic mass is 9.68. The zero-order valence-electron chi connectivity index (χ0n) is 16.6. The van der Waals surface area contributed by atoms with Crippen LogP contribution in [0.3, 0.4) is 0 Å². The number of methoxy groups -OCH3 is 1. The van der Waals surface area contributed by atoms with Crippen LogP contribution in [0.15, 0.2) is 48.7 Å². The van der Waals surface area contributed by atoms with Crippen molar-refractivity contribution < 1.29 is 4.74 Å². The molecule has 134 valence electrons. The molecule has 0 fully saturated rings. The van der Waals surface area contributed by atoms with Gasteiger partial charge >= 0.3 is 0 Å². The van der Waals surface area contributed by atoms with Gasteiger partial charge in [0.15, 0.2) is 0 Å². The summed E-state index contributed by atoms with van der Waals surface area (Å²) < 4.78 is 5.34. The van der Waals surface area contributed by atoms with E-state index in [1.54, 1.807) is 7.11 Å². The third-order valence-electron chi connectivity index (χ3n) is 5.25. The molecule has 0 spiro atoms. The van der Waals surface area contributed by atoms with E-state index in [2.05, 4.69) is 75.3 Å². The first-order valence-corrected chi connectivity index (χ1v) is 9.19. The summed E-state index contributed by atoms with van der Waals surface area (Å²) in [4.78, 5) is 3.42. The van der Waals surface area contributed by atoms with Crippen molar-refractivity contribution in [3.63, 3.8) is 0 Å². The maximum atomic E-state index is 5.34. The number of rotatable bonds is 4. The SMILES string of the molecule is CC.COc1ccc2c(C(C)(c3ccc(C)cc3)C(C)C)c[nH]c2c1. The van der Waals surface area contributed by atoms with Gasteiger partial charge in [-0.3, -0.25) is 0 Å². The number of hydrogen-bond donors (Lipinski definition) is 1. The van der Waals surface area contributed by atoms with Crippen molar-refractivity contribution in [3.8, 4) is 5.75 Å². The van der Waals surface area contributed by atoms with Gasteiger partial charge in [-0.15, -0.1) is 0 Å². The van der Waals surface area contributed by atoms with Crippen molar-refractivity contribution in [1.29, 1.82) is 0 Å². The second kappa shape index (κ2) is 7.77. The predicted molar refractivity (Wildman–Crippen MR) is 109 cm³/mol. The normalized spacial score (nSPS) is 13.3. The van der Waals surface area contributed by atoms with Crippen LogP contribution in [-0.4, -0.2) is 12.1 Å². The standard InChI is InChI=1S/C21H25NO.C2H6/c1-14(2)21(4,16-8-6-15(3)7-9-16)19-13-22-20-12-17(23-5)10-11-18(19)20;1-2/h6-14,22H,1-5H3;1-2H3. The van der Waals surface area contributed by atoms with Crippen LogP contribution in [0.25, 0.3) is 10.9 Å². The maximum absolute atomic E-state index is 5.34. The highest BCUT2D eigenvalue weighted by Gasteiger charge is 2.34. The number of fused-ring (bicyclic) bond motifs is 1. The van der Waals surface area contributed by atoms with E-state index in [9.17, 15) is 0 Å². The van der Waals surface area contributed by atoms with Gasteiger partial charge in [-0.1, -0.05) is 64.4 Å². The number of aromatic amines is 1. The minimum atomic E-state index is -0.0411. The molecule has 2 aromatic carbocycles. The number of aryl methyl sites for hydroxylation is 1. The van der Waals surface area contributed by atoms with Crippen LogP contribution in [0, 0.1) is 12.8 Å². The van der Waals surface area contributed by atoms with E-state index in [-0.39, 0.29) is 5.41 Å². The number of H-pyrrole nitrogens is 1. The van der Waals surface area contributed by atoms with Crippen LogP contribution in [-0.2, 0) is 5.41 Å². The van der Waals surface area contributed by atoms with E-state index in [1.165, 1.54) is 22.1 Å². The van der Waals surface area contributed by atoms with Crippen molar-refractivity contribution in [2.75, 3.05) is 7.11 Å². The Kier molecular flexibility index (Phi) is 5.94. The topological polar surface area (TPSA) is 25.0 Å². The predicted octanol–water partition coefficient (Wildman–Crippen LogP) is 6.47. The van der Waals surface area contributed by atoms with Gasteiger partial charge in [0.1, 0.15) is 5.75 Å². The van der Waals surface area contributed by atoms with Crippen LogP contribution >= 0.6 is 0 Å². The van der Waals surface area contributed by atoms with Crippen LogP contribution in [0.4, 0.5) is 0 Å². The molecule has 0 amide bonds. The van der Waals surface area contributed by atoms with Crippen molar-refractivity contribution in [2.24, 2.45) is 5.92 Å². The fourth-order valence-corrected chi connectivity index (χ4v) is 3.36. The maximum Gasteiger partial charge on any atom is 0.120 e. The van der Waals surface area contributed by atoms with Crippen LogP contribution in [0.1, 0.15) is 51.3 Å². The van der Waals surface area contributed by atoms with Crippen molar-refractivity contribution >= 4 is 10.9 Å². The molecule has 0 saturated heterocycles. The Morgan fingerprint density at radius 3 is 2.20 bits per heavy atom.